The summed E-state index contributed by atoms with van der Waals surface area (Å²) < 4.78 is 8.65. The second-order valence-electron chi connectivity index (χ2n) is 4.63. The number of ether oxygens (including phenoxy) is 1. The van der Waals surface area contributed by atoms with Gasteiger partial charge < -0.3 is 10.1 Å². The second kappa shape index (κ2) is 7.59. The van der Waals surface area contributed by atoms with Crippen LogP contribution in [0.3, 0.4) is 0 Å². The first-order valence-electron chi connectivity index (χ1n) is 6.91. The highest BCUT2D eigenvalue weighted by molar-refractivity contribution is 7.07. The zero-order chi connectivity index (χ0) is 16.8. The summed E-state index contributed by atoms with van der Waals surface area (Å²) in [6, 6.07) is 6.62. The Morgan fingerprint density at radius 1 is 1.26 bits per heavy atom. The minimum absolute atomic E-state index is 0.166. The number of hydrogen-bond donors (Lipinski definition) is 1. The fourth-order valence-electron chi connectivity index (χ4n) is 1.88. The van der Waals surface area contributed by atoms with Crippen molar-refractivity contribution in [3.05, 3.63) is 40.4 Å². The van der Waals surface area contributed by atoms with Crippen LogP contribution in [0.25, 0.3) is 0 Å². The molecule has 0 saturated carbocycles. The van der Waals surface area contributed by atoms with E-state index in [9.17, 15) is 14.4 Å². The lowest BCUT2D eigenvalue weighted by Gasteiger charge is -2.09. The summed E-state index contributed by atoms with van der Waals surface area (Å²) >= 11 is 0.932. The Labute approximate surface area is 136 Å². The van der Waals surface area contributed by atoms with Gasteiger partial charge in [0.1, 0.15) is 0 Å². The van der Waals surface area contributed by atoms with E-state index in [0.29, 0.717) is 28.2 Å². The topological polar surface area (TPSA) is 98.2 Å². The van der Waals surface area contributed by atoms with Crippen LogP contribution in [0.1, 0.15) is 39.6 Å². The van der Waals surface area contributed by atoms with Crippen LogP contribution in [0.15, 0.2) is 24.3 Å². The van der Waals surface area contributed by atoms with Crippen LogP contribution in [0.5, 0.6) is 0 Å². The third-order valence-electron chi connectivity index (χ3n) is 2.99. The number of amides is 1. The molecule has 0 bridgehead atoms. The van der Waals surface area contributed by atoms with Gasteiger partial charge in [-0.3, -0.25) is 9.59 Å². The number of ketones is 1. The highest BCUT2D eigenvalue weighted by Crippen LogP contribution is 2.16. The van der Waals surface area contributed by atoms with Crippen molar-refractivity contribution >= 4 is 34.9 Å². The fourth-order valence-corrected chi connectivity index (χ4v) is 2.52. The molecular formula is C15H15N3O4S. The second-order valence-corrected chi connectivity index (χ2v) is 5.38. The Morgan fingerprint density at radius 2 is 2.00 bits per heavy atom. The molecule has 23 heavy (non-hydrogen) atoms. The zero-order valence-electron chi connectivity index (χ0n) is 12.7. The Morgan fingerprint density at radius 3 is 2.70 bits per heavy atom. The number of anilines is 1. The van der Waals surface area contributed by atoms with Gasteiger partial charge in [0.05, 0.1) is 11.4 Å². The molecular weight excluding hydrogens is 318 g/mol. The molecule has 1 heterocycles. The Bertz CT molecular complexity index is 742. The molecule has 0 unspecified atom stereocenters. The molecule has 1 amide bonds. The maximum Gasteiger partial charge on any atom is 0.352 e. The number of aryl methyl sites for hydroxylation is 1. The molecule has 2 rings (SSSR count). The Balaban J connectivity index is 1.96. The third kappa shape index (κ3) is 4.19. The van der Waals surface area contributed by atoms with Gasteiger partial charge in [0.25, 0.3) is 5.91 Å². The summed E-state index contributed by atoms with van der Waals surface area (Å²) in [6.07, 6.45) is 0.555. The Hall–Kier alpha value is -2.61. The average molecular weight is 333 g/mol. The standard InChI is InChI=1S/C15H15N3O4S/c1-3-11-14(23-18-17-11)15(21)22-8-13(20)16-12-7-5-4-6-10(12)9(2)19/h4-7H,3,8H2,1-2H3,(H,16,20). The van der Waals surface area contributed by atoms with Crippen molar-refractivity contribution < 1.29 is 19.1 Å². The average Bonchev–Trinajstić information content (AvgIpc) is 3.01. The number of nitrogens with zero attached hydrogens (tertiary/aromatic N) is 2. The monoisotopic (exact) mass is 333 g/mol. The molecule has 0 aliphatic heterocycles. The summed E-state index contributed by atoms with van der Waals surface area (Å²) in [5.41, 5.74) is 1.32. The normalized spacial score (nSPS) is 10.2. The van der Waals surface area contributed by atoms with Gasteiger partial charge in [0.15, 0.2) is 17.3 Å². The van der Waals surface area contributed by atoms with Gasteiger partial charge >= 0.3 is 5.97 Å². The number of benzene rings is 1. The number of nitrogens with one attached hydrogen (secondary N) is 1. The largest absolute Gasteiger partial charge is 0.451 e. The summed E-state index contributed by atoms with van der Waals surface area (Å²) in [5, 5.41) is 6.37. The molecule has 0 aliphatic carbocycles. The molecule has 2 aromatic rings. The van der Waals surface area contributed by atoms with E-state index in [0.717, 1.165) is 11.5 Å². The smallest absolute Gasteiger partial charge is 0.352 e. The van der Waals surface area contributed by atoms with Crippen molar-refractivity contribution in [2.75, 3.05) is 11.9 Å². The summed E-state index contributed by atoms with van der Waals surface area (Å²) in [7, 11) is 0. The molecule has 0 radical (unpaired) electrons. The van der Waals surface area contributed by atoms with Gasteiger partial charge in [-0.15, -0.1) is 5.10 Å². The lowest BCUT2D eigenvalue weighted by Crippen LogP contribution is -2.22. The third-order valence-corrected chi connectivity index (χ3v) is 3.74. The highest BCUT2D eigenvalue weighted by atomic mass is 32.1. The van der Waals surface area contributed by atoms with Crippen LogP contribution in [-0.4, -0.2) is 33.9 Å². The van der Waals surface area contributed by atoms with Crippen molar-refractivity contribution in [2.24, 2.45) is 0 Å². The molecule has 7 nitrogen and oxygen atoms in total. The van der Waals surface area contributed by atoms with Gasteiger partial charge in [-0.05, 0) is 37.0 Å². The quantitative estimate of drug-likeness (QED) is 0.642. The zero-order valence-corrected chi connectivity index (χ0v) is 13.5. The van der Waals surface area contributed by atoms with Gasteiger partial charge in [-0.25, -0.2) is 4.79 Å². The number of carbonyl (C=O) groups is 3. The van der Waals surface area contributed by atoms with Gasteiger partial charge in [-0.1, -0.05) is 23.5 Å². The van der Waals surface area contributed by atoms with Crippen LogP contribution >= 0.6 is 11.5 Å². The number of carbonyl (C=O) groups excluding carboxylic acids is 3. The molecule has 120 valence electrons. The van der Waals surface area contributed by atoms with Crippen LogP contribution in [-0.2, 0) is 16.0 Å². The van der Waals surface area contributed by atoms with E-state index >= 15 is 0 Å². The van der Waals surface area contributed by atoms with E-state index in [1.807, 2.05) is 6.92 Å². The highest BCUT2D eigenvalue weighted by Gasteiger charge is 2.18. The van der Waals surface area contributed by atoms with Gasteiger partial charge in [0.2, 0.25) is 0 Å². The Kier molecular flexibility index (Phi) is 5.53. The van der Waals surface area contributed by atoms with Crippen LogP contribution in [0, 0.1) is 0 Å². The SMILES string of the molecule is CCc1nnsc1C(=O)OCC(=O)Nc1ccccc1C(C)=O. The predicted molar refractivity (Wildman–Crippen MR) is 84.6 cm³/mol. The molecule has 0 spiro atoms. The van der Waals surface area contributed by atoms with E-state index in [4.69, 9.17) is 4.74 Å². The molecule has 0 aliphatic rings. The van der Waals surface area contributed by atoms with E-state index in [-0.39, 0.29) is 5.78 Å². The van der Waals surface area contributed by atoms with E-state index in [2.05, 4.69) is 14.9 Å². The number of Topliss-reactive ketones (excluding diaryl/α,β-unsaturated/α-hetero) is 1. The molecule has 0 atom stereocenters. The first kappa shape index (κ1) is 16.8. The van der Waals surface area contributed by atoms with Crippen molar-refractivity contribution in [3.8, 4) is 0 Å². The van der Waals surface area contributed by atoms with Crippen LogP contribution in [0.4, 0.5) is 5.69 Å². The number of rotatable bonds is 6. The first-order valence-corrected chi connectivity index (χ1v) is 7.68. The van der Waals surface area contributed by atoms with Crippen molar-refractivity contribution in [1.29, 1.82) is 0 Å². The first-order chi connectivity index (χ1) is 11.0. The van der Waals surface area contributed by atoms with Gasteiger partial charge in [0, 0.05) is 5.56 Å². The minimum Gasteiger partial charge on any atom is -0.451 e. The molecule has 1 aromatic heterocycles. The molecule has 1 N–H and O–H groups in total. The predicted octanol–water partition coefficient (Wildman–Crippen LogP) is 2.10. The number of esters is 1. The molecule has 0 saturated heterocycles. The van der Waals surface area contributed by atoms with Crippen molar-refractivity contribution in [3.63, 3.8) is 0 Å². The van der Waals surface area contributed by atoms with E-state index in [1.165, 1.54) is 6.92 Å². The number of para-hydroxylation sites is 1. The van der Waals surface area contributed by atoms with E-state index in [1.54, 1.807) is 24.3 Å². The van der Waals surface area contributed by atoms with Gasteiger partial charge in [-0.2, -0.15) is 0 Å². The van der Waals surface area contributed by atoms with Crippen LogP contribution < -0.4 is 5.32 Å². The molecule has 1 aromatic carbocycles. The number of hydrogen-bond acceptors (Lipinski definition) is 7. The summed E-state index contributed by atoms with van der Waals surface area (Å²) in [5.74, 6) is -1.32. The van der Waals surface area contributed by atoms with Crippen molar-refractivity contribution in [2.45, 2.75) is 20.3 Å². The molecule has 0 fully saturated rings. The summed E-state index contributed by atoms with van der Waals surface area (Å²) in [4.78, 5) is 35.6. The molecule has 8 heteroatoms. The minimum atomic E-state index is -0.633. The lowest BCUT2D eigenvalue weighted by atomic mass is 10.1. The maximum atomic E-state index is 11.9. The summed E-state index contributed by atoms with van der Waals surface area (Å²) in [6.45, 7) is 2.80. The van der Waals surface area contributed by atoms with Crippen LogP contribution in [0.2, 0.25) is 0 Å². The lowest BCUT2D eigenvalue weighted by molar-refractivity contribution is -0.119. The number of aromatic nitrogens is 2. The van der Waals surface area contributed by atoms with E-state index < -0.39 is 18.5 Å². The van der Waals surface area contributed by atoms with Crippen molar-refractivity contribution in [1.82, 2.24) is 9.59 Å². The maximum absolute atomic E-state index is 11.9. The fraction of sp³-hybridized carbons (Fsp3) is 0.267.